The molecule has 0 saturated carbocycles. The highest BCUT2D eigenvalue weighted by atomic mass is 32.1. The van der Waals surface area contributed by atoms with E-state index in [-0.39, 0.29) is 0 Å². The molecule has 9 aromatic carbocycles. The maximum Gasteiger partial charge on any atom is 0.0541 e. The van der Waals surface area contributed by atoms with Gasteiger partial charge >= 0.3 is 0 Å². The van der Waals surface area contributed by atoms with Crippen molar-refractivity contribution in [1.82, 2.24) is 4.57 Å². The van der Waals surface area contributed by atoms with Gasteiger partial charge in [-0.25, -0.2) is 0 Å². The quantitative estimate of drug-likeness (QED) is 0.163. The van der Waals surface area contributed by atoms with Crippen molar-refractivity contribution in [3.63, 3.8) is 0 Å². The molecule has 4 heteroatoms. The molecule has 272 valence electrons. The normalized spacial score (nSPS) is 11.8. The second kappa shape index (κ2) is 13.3. The van der Waals surface area contributed by atoms with E-state index in [1.807, 2.05) is 22.7 Å². The number of hydrogen-bond donors (Lipinski definition) is 0. The summed E-state index contributed by atoms with van der Waals surface area (Å²) in [5.74, 6) is 0. The zero-order chi connectivity index (χ0) is 38.2. The third-order valence-corrected chi connectivity index (χ3v) is 13.8. The van der Waals surface area contributed by atoms with E-state index in [1.165, 1.54) is 90.1 Å². The monoisotopic (exact) mass is 774 g/mol. The van der Waals surface area contributed by atoms with E-state index < -0.39 is 0 Å². The van der Waals surface area contributed by atoms with Crippen LogP contribution in [0.15, 0.2) is 206 Å². The van der Waals surface area contributed by atoms with Crippen LogP contribution < -0.4 is 4.90 Å². The minimum absolute atomic E-state index is 1.11. The van der Waals surface area contributed by atoms with Crippen LogP contribution in [0, 0.1) is 0 Å². The fraction of sp³-hybridized carbons (Fsp3) is 0. The van der Waals surface area contributed by atoms with Crippen molar-refractivity contribution >= 4 is 102 Å². The molecule has 0 spiro atoms. The Morgan fingerprint density at radius 3 is 1.52 bits per heavy atom. The lowest BCUT2D eigenvalue weighted by molar-refractivity contribution is 1.19. The predicted molar refractivity (Wildman–Crippen MR) is 252 cm³/mol. The van der Waals surface area contributed by atoms with Gasteiger partial charge in [0.15, 0.2) is 0 Å². The van der Waals surface area contributed by atoms with Gasteiger partial charge in [0.25, 0.3) is 0 Å². The Kier molecular flexibility index (Phi) is 7.62. The Balaban J connectivity index is 1.07. The highest BCUT2D eigenvalue weighted by molar-refractivity contribution is 7.26. The smallest absolute Gasteiger partial charge is 0.0541 e. The Hall–Kier alpha value is -6.98. The molecular formula is C54H34N2S2. The van der Waals surface area contributed by atoms with Gasteiger partial charge in [-0.15, -0.1) is 22.7 Å². The Labute approximate surface area is 343 Å². The number of para-hydroxylation sites is 3. The number of rotatable bonds is 6. The maximum atomic E-state index is 2.44. The van der Waals surface area contributed by atoms with Gasteiger partial charge in [0.2, 0.25) is 0 Å². The summed E-state index contributed by atoms with van der Waals surface area (Å²) >= 11 is 3.73. The van der Waals surface area contributed by atoms with Crippen molar-refractivity contribution in [3.05, 3.63) is 206 Å². The number of hydrogen-bond acceptors (Lipinski definition) is 3. The third-order valence-electron chi connectivity index (χ3n) is 11.5. The van der Waals surface area contributed by atoms with Crippen molar-refractivity contribution < 1.29 is 0 Å². The number of anilines is 3. The molecule has 0 N–H and O–H groups in total. The van der Waals surface area contributed by atoms with Gasteiger partial charge in [-0.1, -0.05) is 109 Å². The summed E-state index contributed by atoms with van der Waals surface area (Å²) in [5, 5.41) is 7.74. The molecular weight excluding hydrogens is 741 g/mol. The van der Waals surface area contributed by atoms with Crippen molar-refractivity contribution in [1.29, 1.82) is 0 Å². The standard InChI is InChI=1S/C54H34N2S2/c1-3-13-39(14-4-1)55(40-15-5-2-6-16-40)42-30-37(29-38(31-42)36-24-28-53-48(33-36)45-19-9-12-22-52(45)57-53)35-23-27-50-47(32-35)43-17-7-10-20-49(43)56(50)41-25-26-46-44-18-8-11-21-51(44)58-54(46)34-41/h1-34H. The molecule has 3 heterocycles. The first-order valence-corrected chi connectivity index (χ1v) is 21.3. The molecule has 0 saturated heterocycles. The Morgan fingerprint density at radius 2 is 0.810 bits per heavy atom. The van der Waals surface area contributed by atoms with Gasteiger partial charge in [-0.2, -0.15) is 0 Å². The molecule has 12 aromatic rings. The van der Waals surface area contributed by atoms with Crippen LogP contribution in [0.3, 0.4) is 0 Å². The summed E-state index contributed by atoms with van der Waals surface area (Å²) < 4.78 is 7.70. The largest absolute Gasteiger partial charge is 0.310 e. The van der Waals surface area contributed by atoms with E-state index >= 15 is 0 Å². The van der Waals surface area contributed by atoms with Crippen LogP contribution in [-0.4, -0.2) is 4.57 Å². The van der Waals surface area contributed by atoms with Crippen molar-refractivity contribution in [3.8, 4) is 27.9 Å². The summed E-state index contributed by atoms with van der Waals surface area (Å²) in [6.45, 7) is 0. The lowest BCUT2D eigenvalue weighted by atomic mass is 9.95. The summed E-state index contributed by atoms with van der Waals surface area (Å²) in [5.41, 5.74) is 11.7. The summed E-state index contributed by atoms with van der Waals surface area (Å²) in [7, 11) is 0. The van der Waals surface area contributed by atoms with E-state index in [1.54, 1.807) is 0 Å². The lowest BCUT2D eigenvalue weighted by Crippen LogP contribution is -2.10. The van der Waals surface area contributed by atoms with E-state index in [2.05, 4.69) is 216 Å². The highest BCUT2D eigenvalue weighted by Crippen LogP contribution is 2.43. The van der Waals surface area contributed by atoms with Gasteiger partial charge < -0.3 is 9.47 Å². The topological polar surface area (TPSA) is 8.17 Å². The van der Waals surface area contributed by atoms with Crippen molar-refractivity contribution in [2.24, 2.45) is 0 Å². The second-order valence-electron chi connectivity index (χ2n) is 14.9. The van der Waals surface area contributed by atoms with Crippen LogP contribution in [0.2, 0.25) is 0 Å². The number of aromatic nitrogens is 1. The second-order valence-corrected chi connectivity index (χ2v) is 17.1. The van der Waals surface area contributed by atoms with Crippen LogP contribution in [0.1, 0.15) is 0 Å². The first kappa shape index (κ1) is 33.2. The molecule has 3 aromatic heterocycles. The zero-order valence-corrected chi connectivity index (χ0v) is 33.0. The number of benzene rings is 9. The van der Waals surface area contributed by atoms with E-state index in [4.69, 9.17) is 0 Å². The molecule has 0 unspecified atom stereocenters. The van der Waals surface area contributed by atoms with Crippen molar-refractivity contribution in [2.45, 2.75) is 0 Å². The maximum absolute atomic E-state index is 2.44. The van der Waals surface area contributed by atoms with Crippen LogP contribution in [0.25, 0.3) is 90.1 Å². The highest BCUT2D eigenvalue weighted by Gasteiger charge is 2.19. The molecule has 0 fully saturated rings. The minimum Gasteiger partial charge on any atom is -0.310 e. The first-order valence-electron chi connectivity index (χ1n) is 19.7. The van der Waals surface area contributed by atoms with Crippen LogP contribution in [-0.2, 0) is 0 Å². The van der Waals surface area contributed by atoms with E-state index in [0.29, 0.717) is 0 Å². The number of thiophene rings is 2. The zero-order valence-electron chi connectivity index (χ0n) is 31.3. The third kappa shape index (κ3) is 5.37. The lowest BCUT2D eigenvalue weighted by Gasteiger charge is -2.27. The van der Waals surface area contributed by atoms with Gasteiger partial charge in [0.1, 0.15) is 0 Å². The van der Waals surface area contributed by atoms with E-state index in [0.717, 1.165) is 17.1 Å². The summed E-state index contributed by atoms with van der Waals surface area (Å²) in [4.78, 5) is 2.38. The molecule has 12 rings (SSSR count). The SMILES string of the molecule is c1ccc(N(c2ccccc2)c2cc(-c3ccc4sc5ccccc5c4c3)cc(-c3ccc4c(c3)c3ccccc3n4-c3ccc4c(c3)sc3ccccc34)c2)cc1. The van der Waals surface area contributed by atoms with Crippen LogP contribution in [0.4, 0.5) is 17.1 Å². The molecule has 58 heavy (non-hydrogen) atoms. The van der Waals surface area contributed by atoms with Gasteiger partial charge in [-0.05, 0) is 119 Å². The molecule has 0 amide bonds. The Morgan fingerprint density at radius 1 is 0.293 bits per heavy atom. The summed E-state index contributed by atoms with van der Waals surface area (Å²) in [6, 6.07) is 75.8. The molecule has 0 radical (unpaired) electrons. The molecule has 0 aliphatic heterocycles. The first-order chi connectivity index (χ1) is 28.7. The van der Waals surface area contributed by atoms with Crippen LogP contribution in [0.5, 0.6) is 0 Å². The fourth-order valence-electron chi connectivity index (χ4n) is 8.86. The molecule has 0 atom stereocenters. The molecule has 0 bridgehead atoms. The van der Waals surface area contributed by atoms with Gasteiger partial charge in [0, 0.05) is 73.9 Å². The summed E-state index contributed by atoms with van der Waals surface area (Å²) in [6.07, 6.45) is 0. The predicted octanol–water partition coefficient (Wildman–Crippen LogP) is 16.3. The van der Waals surface area contributed by atoms with Crippen molar-refractivity contribution in [2.75, 3.05) is 4.90 Å². The molecule has 0 aliphatic carbocycles. The Bertz CT molecular complexity index is 3480. The van der Waals surface area contributed by atoms with Gasteiger partial charge in [0.05, 0.1) is 11.0 Å². The molecule has 2 nitrogen and oxygen atoms in total. The fourth-order valence-corrected chi connectivity index (χ4v) is 11.1. The van der Waals surface area contributed by atoms with Gasteiger partial charge in [-0.3, -0.25) is 0 Å². The number of fused-ring (bicyclic) bond motifs is 9. The van der Waals surface area contributed by atoms with Crippen LogP contribution >= 0.6 is 22.7 Å². The van der Waals surface area contributed by atoms with E-state index in [9.17, 15) is 0 Å². The average molecular weight is 775 g/mol. The average Bonchev–Trinajstić information content (AvgIpc) is 3.96. The minimum atomic E-state index is 1.11. The molecule has 0 aliphatic rings. The number of nitrogens with zero attached hydrogens (tertiary/aromatic N) is 2.